The molecule has 0 atom stereocenters. The zero-order valence-corrected chi connectivity index (χ0v) is 12.3. The number of nitrogens with zero attached hydrogens (tertiary/aromatic N) is 2. The van der Waals surface area contributed by atoms with Crippen LogP contribution in [0.1, 0.15) is 26.7 Å². The van der Waals surface area contributed by atoms with Crippen molar-refractivity contribution in [3.05, 3.63) is 0 Å². The highest BCUT2D eigenvalue weighted by molar-refractivity contribution is 7.80. The molecule has 2 amide bonds. The number of rotatable bonds is 4. The van der Waals surface area contributed by atoms with Crippen molar-refractivity contribution in [3.8, 4) is 0 Å². The van der Waals surface area contributed by atoms with Crippen molar-refractivity contribution in [3.63, 3.8) is 0 Å². The van der Waals surface area contributed by atoms with E-state index >= 15 is 0 Å². The zero-order valence-electron chi connectivity index (χ0n) is 11.5. The lowest BCUT2D eigenvalue weighted by molar-refractivity contribution is 0.171. The maximum Gasteiger partial charge on any atom is 0.318 e. The van der Waals surface area contributed by atoms with E-state index in [2.05, 4.69) is 17.3 Å². The van der Waals surface area contributed by atoms with Crippen LogP contribution in [0.4, 0.5) is 4.79 Å². The number of urea groups is 1. The second-order valence-electron chi connectivity index (χ2n) is 4.85. The Morgan fingerprint density at radius 1 is 1.39 bits per heavy atom. The van der Waals surface area contributed by atoms with Crippen molar-refractivity contribution >= 4 is 23.2 Å². The van der Waals surface area contributed by atoms with Gasteiger partial charge in [0.1, 0.15) is 0 Å². The molecule has 5 nitrogen and oxygen atoms in total. The summed E-state index contributed by atoms with van der Waals surface area (Å²) in [4.78, 5) is 16.5. The number of nitrogens with two attached hydrogens (primary N) is 1. The SMILES string of the molecule is CCN(CC)C(=O)NC1(C(N)=S)CCN(C)CC1. The molecule has 0 aromatic heterocycles. The van der Waals surface area contributed by atoms with Gasteiger partial charge in [0, 0.05) is 26.2 Å². The van der Waals surface area contributed by atoms with Crippen LogP contribution in [0, 0.1) is 0 Å². The zero-order chi connectivity index (χ0) is 13.8. The molecule has 3 N–H and O–H groups in total. The molecule has 104 valence electrons. The summed E-state index contributed by atoms with van der Waals surface area (Å²) in [5, 5.41) is 3.05. The molecule has 1 aliphatic rings. The van der Waals surface area contributed by atoms with Crippen LogP contribution in [0.2, 0.25) is 0 Å². The normalized spacial score (nSPS) is 19.3. The summed E-state index contributed by atoms with van der Waals surface area (Å²) in [5.74, 6) is 0. The fourth-order valence-corrected chi connectivity index (χ4v) is 2.48. The highest BCUT2D eigenvalue weighted by Gasteiger charge is 2.38. The molecule has 0 bridgehead atoms. The predicted octanol–water partition coefficient (Wildman–Crippen LogP) is 0.788. The number of thiocarbonyl (C=S) groups is 1. The molecule has 18 heavy (non-hydrogen) atoms. The Hall–Kier alpha value is -0.880. The van der Waals surface area contributed by atoms with Crippen LogP contribution in [0.25, 0.3) is 0 Å². The van der Waals surface area contributed by atoms with Gasteiger partial charge in [0.05, 0.1) is 10.5 Å². The standard InChI is InChI=1S/C12H24N4OS/c1-4-16(5-2)11(17)14-12(10(13)18)6-8-15(3)9-7-12/h4-9H2,1-3H3,(H2,13,18)(H,14,17). The Balaban J connectivity index is 2.75. The van der Waals surface area contributed by atoms with Crippen LogP contribution in [0.3, 0.4) is 0 Å². The quantitative estimate of drug-likeness (QED) is 0.743. The van der Waals surface area contributed by atoms with Crippen molar-refractivity contribution in [2.24, 2.45) is 5.73 Å². The van der Waals surface area contributed by atoms with Crippen LogP contribution in [0.15, 0.2) is 0 Å². The van der Waals surface area contributed by atoms with Gasteiger partial charge in [0.2, 0.25) is 0 Å². The monoisotopic (exact) mass is 272 g/mol. The maximum absolute atomic E-state index is 12.2. The van der Waals surface area contributed by atoms with Gasteiger partial charge in [-0.05, 0) is 33.7 Å². The van der Waals surface area contributed by atoms with Crippen molar-refractivity contribution in [1.29, 1.82) is 0 Å². The van der Waals surface area contributed by atoms with Crippen molar-refractivity contribution < 1.29 is 4.79 Å². The fraction of sp³-hybridized carbons (Fsp3) is 0.833. The summed E-state index contributed by atoms with van der Waals surface area (Å²) in [6.07, 6.45) is 1.57. The Bertz CT molecular complexity index is 309. The van der Waals surface area contributed by atoms with E-state index in [4.69, 9.17) is 18.0 Å². The molecule has 0 spiro atoms. The Labute approximate surface area is 115 Å². The molecule has 0 aromatic rings. The summed E-state index contributed by atoms with van der Waals surface area (Å²) in [6.45, 7) is 7.10. The van der Waals surface area contributed by atoms with Gasteiger partial charge >= 0.3 is 6.03 Å². The minimum atomic E-state index is -0.512. The van der Waals surface area contributed by atoms with E-state index in [1.165, 1.54) is 0 Å². The maximum atomic E-state index is 12.2. The summed E-state index contributed by atoms with van der Waals surface area (Å²) >= 11 is 5.17. The first-order chi connectivity index (χ1) is 8.45. The number of hydrogen-bond acceptors (Lipinski definition) is 3. The summed E-state index contributed by atoms with van der Waals surface area (Å²) in [6, 6.07) is -0.0719. The summed E-state index contributed by atoms with van der Waals surface area (Å²) < 4.78 is 0. The largest absolute Gasteiger partial charge is 0.391 e. The minimum absolute atomic E-state index is 0.0719. The van der Waals surface area contributed by atoms with Crippen LogP contribution in [0.5, 0.6) is 0 Å². The molecular formula is C12H24N4OS. The Kier molecular flexibility index (Phi) is 5.34. The molecule has 1 aliphatic heterocycles. The van der Waals surface area contributed by atoms with Gasteiger partial charge in [-0.2, -0.15) is 0 Å². The lowest BCUT2D eigenvalue weighted by atomic mass is 9.87. The second-order valence-corrected chi connectivity index (χ2v) is 5.29. The third-order valence-corrected chi connectivity index (χ3v) is 4.10. The number of amides is 2. The van der Waals surface area contributed by atoms with Gasteiger partial charge < -0.3 is 20.9 Å². The highest BCUT2D eigenvalue weighted by Crippen LogP contribution is 2.22. The van der Waals surface area contributed by atoms with E-state index in [1.807, 2.05) is 13.8 Å². The Morgan fingerprint density at radius 3 is 2.28 bits per heavy atom. The van der Waals surface area contributed by atoms with E-state index in [-0.39, 0.29) is 6.03 Å². The molecule has 6 heteroatoms. The second kappa shape index (κ2) is 6.33. The number of nitrogens with one attached hydrogen (secondary N) is 1. The van der Waals surface area contributed by atoms with E-state index in [0.717, 1.165) is 25.9 Å². The predicted molar refractivity (Wildman–Crippen MR) is 77.7 cm³/mol. The van der Waals surface area contributed by atoms with Crippen LogP contribution in [-0.4, -0.2) is 59.6 Å². The van der Waals surface area contributed by atoms with Gasteiger partial charge in [-0.15, -0.1) is 0 Å². The lowest BCUT2D eigenvalue weighted by Crippen LogP contribution is -2.63. The number of carbonyl (C=O) groups excluding carboxylic acids is 1. The number of piperidine rings is 1. The molecule has 0 radical (unpaired) electrons. The van der Waals surface area contributed by atoms with Gasteiger partial charge in [-0.25, -0.2) is 4.79 Å². The van der Waals surface area contributed by atoms with Crippen LogP contribution in [-0.2, 0) is 0 Å². The third kappa shape index (κ3) is 3.32. The van der Waals surface area contributed by atoms with Crippen LogP contribution >= 0.6 is 12.2 Å². The topological polar surface area (TPSA) is 61.6 Å². The van der Waals surface area contributed by atoms with Gasteiger partial charge in [0.25, 0.3) is 0 Å². The molecule has 1 rings (SSSR count). The van der Waals surface area contributed by atoms with Crippen molar-refractivity contribution in [2.45, 2.75) is 32.2 Å². The van der Waals surface area contributed by atoms with E-state index in [0.29, 0.717) is 18.1 Å². The first-order valence-corrected chi connectivity index (χ1v) is 6.91. The average molecular weight is 272 g/mol. The lowest BCUT2D eigenvalue weighted by Gasteiger charge is -2.41. The molecule has 1 saturated heterocycles. The molecule has 1 fully saturated rings. The van der Waals surface area contributed by atoms with Crippen molar-refractivity contribution in [1.82, 2.24) is 15.1 Å². The highest BCUT2D eigenvalue weighted by atomic mass is 32.1. The molecule has 1 heterocycles. The number of hydrogen-bond donors (Lipinski definition) is 2. The van der Waals surface area contributed by atoms with Gasteiger partial charge in [0.15, 0.2) is 0 Å². The molecule has 0 aromatic carbocycles. The van der Waals surface area contributed by atoms with E-state index in [1.54, 1.807) is 4.90 Å². The van der Waals surface area contributed by atoms with Gasteiger partial charge in [-0.3, -0.25) is 0 Å². The fourth-order valence-electron chi connectivity index (χ4n) is 2.23. The molecule has 0 aliphatic carbocycles. The smallest absolute Gasteiger partial charge is 0.318 e. The van der Waals surface area contributed by atoms with E-state index in [9.17, 15) is 4.79 Å². The minimum Gasteiger partial charge on any atom is -0.391 e. The summed E-state index contributed by atoms with van der Waals surface area (Å²) in [5.41, 5.74) is 5.35. The third-order valence-electron chi connectivity index (χ3n) is 3.71. The molecule has 0 unspecified atom stereocenters. The first-order valence-electron chi connectivity index (χ1n) is 6.50. The number of likely N-dealkylation sites (tertiary alicyclic amines) is 1. The number of carbonyl (C=O) groups is 1. The first kappa shape index (κ1) is 15.2. The molecule has 0 saturated carbocycles. The summed E-state index contributed by atoms with van der Waals surface area (Å²) in [7, 11) is 2.07. The average Bonchev–Trinajstić information content (AvgIpc) is 2.33. The van der Waals surface area contributed by atoms with E-state index < -0.39 is 5.54 Å². The van der Waals surface area contributed by atoms with Crippen LogP contribution < -0.4 is 11.1 Å². The Morgan fingerprint density at radius 2 is 1.89 bits per heavy atom. The van der Waals surface area contributed by atoms with Crippen molar-refractivity contribution in [2.75, 3.05) is 33.2 Å². The molecular weight excluding hydrogens is 248 g/mol. The van der Waals surface area contributed by atoms with Gasteiger partial charge in [-0.1, -0.05) is 12.2 Å².